The van der Waals surface area contributed by atoms with Crippen LogP contribution in [0.4, 0.5) is 11.6 Å². The van der Waals surface area contributed by atoms with Gasteiger partial charge in [-0.2, -0.15) is 0 Å². The van der Waals surface area contributed by atoms with Gasteiger partial charge in [-0.1, -0.05) is 20.3 Å². The lowest BCUT2D eigenvalue weighted by atomic mass is 9.84. The molecule has 11 heteroatoms. The summed E-state index contributed by atoms with van der Waals surface area (Å²) < 4.78 is 34.9. The summed E-state index contributed by atoms with van der Waals surface area (Å²) in [5.41, 5.74) is 7.42. The Morgan fingerprint density at radius 1 is 1.20 bits per heavy atom. The zero-order valence-corrected chi connectivity index (χ0v) is 25.1. The molecule has 0 saturated heterocycles. The molecule has 0 radical (unpaired) electrons. The molecule has 40 heavy (non-hydrogen) atoms. The highest BCUT2D eigenvalue weighted by molar-refractivity contribution is 7.90. The van der Waals surface area contributed by atoms with Gasteiger partial charge in [-0.05, 0) is 69.7 Å². The molecule has 3 atom stereocenters. The molecule has 0 aliphatic carbocycles. The first-order chi connectivity index (χ1) is 18.6. The van der Waals surface area contributed by atoms with Crippen molar-refractivity contribution < 1.29 is 22.7 Å². The Morgan fingerprint density at radius 3 is 2.60 bits per heavy atom. The average Bonchev–Trinajstić information content (AvgIpc) is 2.85. The van der Waals surface area contributed by atoms with Crippen LogP contribution in [0.5, 0.6) is 5.88 Å². The number of rotatable bonds is 10. The number of fused-ring (bicyclic) bond motifs is 2. The smallest absolute Gasteiger partial charge is 0.340 e. The number of pyridine rings is 3. The maximum absolute atomic E-state index is 12.5. The first kappa shape index (κ1) is 29.7. The van der Waals surface area contributed by atoms with Gasteiger partial charge in [0.15, 0.2) is 0 Å². The Labute approximate surface area is 236 Å². The zero-order chi connectivity index (χ0) is 29.5. The van der Waals surface area contributed by atoms with Gasteiger partial charge in [-0.15, -0.1) is 0 Å². The van der Waals surface area contributed by atoms with Gasteiger partial charge in [0.1, 0.15) is 27.1 Å². The quantitative estimate of drug-likeness (QED) is 0.320. The lowest BCUT2D eigenvalue weighted by molar-refractivity contribution is -0.0189. The minimum atomic E-state index is -3.11. The van der Waals surface area contributed by atoms with Crippen LogP contribution >= 0.6 is 0 Å². The van der Waals surface area contributed by atoms with E-state index in [0.29, 0.717) is 40.6 Å². The summed E-state index contributed by atoms with van der Waals surface area (Å²) in [4.78, 5) is 26.4. The van der Waals surface area contributed by atoms with Crippen molar-refractivity contribution in [3.05, 3.63) is 47.4 Å². The van der Waals surface area contributed by atoms with E-state index in [1.54, 1.807) is 24.5 Å². The number of nitrogens with one attached hydrogen (secondary N) is 1. The molecule has 3 aromatic heterocycles. The molecule has 0 saturated carbocycles. The molecule has 1 aliphatic heterocycles. The molecule has 216 valence electrons. The van der Waals surface area contributed by atoms with E-state index in [9.17, 15) is 13.2 Å². The van der Waals surface area contributed by atoms with Gasteiger partial charge >= 0.3 is 5.97 Å². The zero-order valence-electron chi connectivity index (χ0n) is 24.2. The molecule has 0 spiro atoms. The summed E-state index contributed by atoms with van der Waals surface area (Å²) in [5.74, 6) is 1.01. The number of cyclic esters (lactones) is 1. The molecule has 0 aromatic carbocycles. The molecule has 1 aliphatic rings. The van der Waals surface area contributed by atoms with Gasteiger partial charge in [0.05, 0.1) is 28.5 Å². The monoisotopic (exact) mass is 569 g/mol. The summed E-state index contributed by atoms with van der Waals surface area (Å²) in [7, 11) is -3.11. The van der Waals surface area contributed by atoms with E-state index in [2.05, 4.69) is 22.2 Å². The number of carbonyl (C=O) groups excluding carboxylic acids is 1. The summed E-state index contributed by atoms with van der Waals surface area (Å²) in [6.07, 6.45) is 6.22. The highest BCUT2D eigenvalue weighted by atomic mass is 32.2. The number of esters is 1. The van der Waals surface area contributed by atoms with E-state index >= 15 is 0 Å². The summed E-state index contributed by atoms with van der Waals surface area (Å²) in [6.45, 7) is 11.6. The molecule has 0 amide bonds. The molecular weight excluding hydrogens is 530 g/mol. The van der Waals surface area contributed by atoms with Crippen LogP contribution in [-0.4, -0.2) is 53.1 Å². The lowest BCUT2D eigenvalue weighted by Gasteiger charge is -2.36. The first-order valence-electron chi connectivity index (χ1n) is 13.5. The Balaban J connectivity index is 1.72. The largest absolute Gasteiger partial charge is 0.474 e. The molecular formula is C29H39N5O5S. The predicted molar refractivity (Wildman–Crippen MR) is 156 cm³/mol. The van der Waals surface area contributed by atoms with Crippen molar-refractivity contribution in [2.45, 2.75) is 84.0 Å². The third-order valence-electron chi connectivity index (χ3n) is 7.54. The van der Waals surface area contributed by atoms with E-state index < -0.39 is 21.0 Å². The second kappa shape index (κ2) is 10.9. The maximum Gasteiger partial charge on any atom is 0.340 e. The van der Waals surface area contributed by atoms with Crippen LogP contribution in [0.3, 0.4) is 0 Å². The number of hydrogen-bond donors (Lipinski definition) is 2. The summed E-state index contributed by atoms with van der Waals surface area (Å²) in [5, 5.41) is 4.78. The molecule has 0 bridgehead atoms. The second-order valence-electron chi connectivity index (χ2n) is 11.6. The fraction of sp³-hybridized carbons (Fsp3) is 0.517. The molecule has 3 aromatic rings. The van der Waals surface area contributed by atoms with Crippen molar-refractivity contribution in [2.75, 3.05) is 17.3 Å². The van der Waals surface area contributed by atoms with Crippen LogP contribution in [0.2, 0.25) is 0 Å². The van der Waals surface area contributed by atoms with Crippen LogP contribution in [0.25, 0.3) is 10.8 Å². The van der Waals surface area contributed by atoms with E-state index in [-0.39, 0.29) is 23.7 Å². The van der Waals surface area contributed by atoms with Gasteiger partial charge in [0, 0.05) is 30.1 Å². The molecule has 0 fully saturated rings. The van der Waals surface area contributed by atoms with Gasteiger partial charge in [-0.25, -0.2) is 28.2 Å². The predicted octanol–water partition coefficient (Wildman–Crippen LogP) is 5.00. The number of carbonyl (C=O) groups is 1. The van der Waals surface area contributed by atoms with Gasteiger partial charge in [0.25, 0.3) is 0 Å². The fourth-order valence-corrected chi connectivity index (χ4v) is 5.66. The van der Waals surface area contributed by atoms with Crippen LogP contribution in [0, 0.1) is 0 Å². The number of nitrogens with two attached hydrogens (primary N) is 1. The van der Waals surface area contributed by atoms with Crippen molar-refractivity contribution in [2.24, 2.45) is 5.73 Å². The molecule has 4 rings (SSSR count). The molecule has 3 N–H and O–H groups in total. The molecule has 10 nitrogen and oxygen atoms in total. The van der Waals surface area contributed by atoms with E-state index in [4.69, 9.17) is 20.2 Å². The molecule has 4 heterocycles. The number of anilines is 2. The van der Waals surface area contributed by atoms with Crippen molar-refractivity contribution in [1.82, 2.24) is 15.0 Å². The van der Waals surface area contributed by atoms with E-state index in [1.165, 1.54) is 6.26 Å². The number of sulfone groups is 1. The number of aromatic nitrogens is 3. The number of ether oxygens (including phenoxy) is 2. The van der Waals surface area contributed by atoms with E-state index in [1.807, 2.05) is 40.7 Å². The van der Waals surface area contributed by atoms with Crippen molar-refractivity contribution in [1.29, 1.82) is 0 Å². The summed E-state index contributed by atoms with van der Waals surface area (Å²) >= 11 is 0. The van der Waals surface area contributed by atoms with Crippen molar-refractivity contribution in [3.8, 4) is 5.88 Å². The topological polar surface area (TPSA) is 146 Å². The fourth-order valence-electron chi connectivity index (χ4n) is 4.90. The second-order valence-corrected chi connectivity index (χ2v) is 13.8. The van der Waals surface area contributed by atoms with Gasteiger partial charge in [-0.3, -0.25) is 0 Å². The van der Waals surface area contributed by atoms with Crippen LogP contribution in [0.15, 0.2) is 30.6 Å². The van der Waals surface area contributed by atoms with E-state index in [0.717, 1.165) is 23.8 Å². The number of hydrogen-bond acceptors (Lipinski definition) is 10. The Bertz CT molecular complexity index is 1540. The maximum atomic E-state index is 12.5. The minimum Gasteiger partial charge on any atom is -0.474 e. The van der Waals surface area contributed by atoms with Crippen LogP contribution in [-0.2, 0) is 20.1 Å². The van der Waals surface area contributed by atoms with Gasteiger partial charge < -0.3 is 20.5 Å². The van der Waals surface area contributed by atoms with Gasteiger partial charge in [0.2, 0.25) is 5.88 Å². The lowest BCUT2D eigenvalue weighted by Crippen LogP contribution is -2.39. The van der Waals surface area contributed by atoms with Crippen LogP contribution in [0.1, 0.15) is 88.3 Å². The SMILES string of the molecule is CCC[C@](C)(N)c1cnc(O[C@H](C)CCS(C)(=O)=O)c2cnc(Nc3ccc4c(n3)[C@@H](C)C(C)(C)OC4=O)cc12. The minimum absolute atomic E-state index is 0.0230. The Morgan fingerprint density at radius 2 is 1.93 bits per heavy atom. The third-order valence-corrected chi connectivity index (χ3v) is 8.51. The Hall–Kier alpha value is -3.31. The molecule has 0 unspecified atom stereocenters. The third kappa shape index (κ3) is 6.36. The summed E-state index contributed by atoms with van der Waals surface area (Å²) in [6, 6.07) is 5.34. The van der Waals surface area contributed by atoms with Crippen LogP contribution < -0.4 is 15.8 Å². The van der Waals surface area contributed by atoms with Crippen molar-refractivity contribution in [3.63, 3.8) is 0 Å². The van der Waals surface area contributed by atoms with Crippen molar-refractivity contribution >= 4 is 38.2 Å². The Kier molecular flexibility index (Phi) is 8.11. The normalized spacial score (nSPS) is 18.9. The average molecular weight is 570 g/mol. The standard InChI is InChI=1S/C29H39N5O5S/c1-8-12-29(6,30)22-16-32-26(38-17(2)11-13-40(7,36)37)21-15-31-24(14-20(21)22)33-23-10-9-19-25(34-23)18(3)28(4,5)39-27(19)35/h9-10,14-18H,8,11-13,30H2,1-7H3,(H,31,33,34)/t17-,18-,29+/m1/s1. The first-order valence-corrected chi connectivity index (χ1v) is 15.6. The number of nitrogens with zero attached hydrogens (tertiary/aromatic N) is 3. The highest BCUT2D eigenvalue weighted by Crippen LogP contribution is 2.39. The highest BCUT2D eigenvalue weighted by Gasteiger charge is 2.40.